The number of allylic oxidation sites excluding steroid dienone is 1. The quantitative estimate of drug-likeness (QED) is 0.380. The first kappa shape index (κ1) is 22.8. The molecule has 3 rings (SSSR count). The molecule has 3 aliphatic rings. The number of hydrogen-bond acceptors (Lipinski definition) is 5. The van der Waals surface area contributed by atoms with Crippen molar-refractivity contribution in [2.24, 2.45) is 34.0 Å². The van der Waals surface area contributed by atoms with Crippen molar-refractivity contribution < 1.29 is 23.9 Å². The van der Waals surface area contributed by atoms with Crippen LogP contribution in [0.15, 0.2) is 24.8 Å². The van der Waals surface area contributed by atoms with Crippen LogP contribution < -0.4 is 0 Å². The van der Waals surface area contributed by atoms with Crippen LogP contribution in [-0.2, 0) is 23.9 Å². The number of carbonyl (C=O) groups is 3. The zero-order valence-corrected chi connectivity index (χ0v) is 19.2. The van der Waals surface area contributed by atoms with Gasteiger partial charge in [0.05, 0.1) is 0 Å². The van der Waals surface area contributed by atoms with E-state index in [1.165, 1.54) is 13.8 Å². The molecule has 166 valence electrons. The molecule has 5 nitrogen and oxygen atoms in total. The Morgan fingerprint density at radius 3 is 2.27 bits per heavy atom. The molecular weight excluding hydrogens is 380 g/mol. The van der Waals surface area contributed by atoms with Gasteiger partial charge in [-0.2, -0.15) is 0 Å². The fourth-order valence-corrected chi connectivity index (χ4v) is 7.01. The van der Waals surface area contributed by atoms with Gasteiger partial charge in [0, 0.05) is 36.5 Å². The van der Waals surface area contributed by atoms with E-state index in [0.717, 1.165) is 12.8 Å². The van der Waals surface area contributed by atoms with Gasteiger partial charge in [-0.05, 0) is 42.6 Å². The third-order valence-electron chi connectivity index (χ3n) is 8.85. The second kappa shape index (κ2) is 7.35. The Morgan fingerprint density at radius 1 is 1.13 bits per heavy atom. The standard InChI is InChI=1S/C25H36O5/c1-9-23(7)13-19(29-17(5)26)24(8)15(3)10-11-25(12-14(2)20(28)21(24)25)16(4)22(23)30-18(6)27/h9,15-16,19,21-22H,1-2,10-13H2,3-8H3/t15-,16+,19-,21+,22+,23-,24+,25+/m1/s1. The fraction of sp³-hybridized carbons (Fsp3) is 0.720. The predicted molar refractivity (Wildman–Crippen MR) is 114 cm³/mol. The minimum absolute atomic E-state index is 0.0669. The summed E-state index contributed by atoms with van der Waals surface area (Å²) in [5.41, 5.74) is -0.870. The number of carbonyl (C=O) groups excluding carboxylic acids is 3. The molecule has 3 saturated carbocycles. The van der Waals surface area contributed by atoms with Crippen molar-refractivity contribution in [2.45, 2.75) is 79.4 Å². The Labute approximate surface area is 180 Å². The maximum Gasteiger partial charge on any atom is 0.302 e. The summed E-state index contributed by atoms with van der Waals surface area (Å²) in [5, 5.41) is 0. The van der Waals surface area contributed by atoms with Gasteiger partial charge in [0.25, 0.3) is 0 Å². The number of rotatable bonds is 3. The lowest BCUT2D eigenvalue weighted by Crippen LogP contribution is -2.63. The van der Waals surface area contributed by atoms with Crippen LogP contribution in [0.4, 0.5) is 0 Å². The lowest BCUT2D eigenvalue weighted by Gasteiger charge is -2.61. The summed E-state index contributed by atoms with van der Waals surface area (Å²) < 4.78 is 11.9. The van der Waals surface area contributed by atoms with E-state index < -0.39 is 23.0 Å². The lowest BCUT2D eigenvalue weighted by molar-refractivity contribution is -0.212. The summed E-state index contributed by atoms with van der Waals surface area (Å²) in [6, 6.07) is 0. The van der Waals surface area contributed by atoms with Crippen LogP contribution in [0.5, 0.6) is 0 Å². The van der Waals surface area contributed by atoms with Crippen LogP contribution in [0.25, 0.3) is 0 Å². The topological polar surface area (TPSA) is 69.7 Å². The maximum absolute atomic E-state index is 13.5. The van der Waals surface area contributed by atoms with Crippen LogP contribution in [0.2, 0.25) is 0 Å². The van der Waals surface area contributed by atoms with Crippen molar-refractivity contribution in [1.82, 2.24) is 0 Å². The second-order valence-electron chi connectivity index (χ2n) is 10.4. The van der Waals surface area contributed by atoms with E-state index in [0.29, 0.717) is 18.4 Å². The molecule has 5 heteroatoms. The van der Waals surface area contributed by atoms with Gasteiger partial charge in [0.1, 0.15) is 12.2 Å². The van der Waals surface area contributed by atoms with Gasteiger partial charge in [0.15, 0.2) is 5.78 Å². The number of ketones is 1. The number of esters is 2. The monoisotopic (exact) mass is 416 g/mol. The van der Waals surface area contributed by atoms with Crippen LogP contribution in [0, 0.1) is 34.0 Å². The summed E-state index contributed by atoms with van der Waals surface area (Å²) in [4.78, 5) is 37.8. The molecule has 8 atom stereocenters. The minimum atomic E-state index is -0.603. The summed E-state index contributed by atoms with van der Waals surface area (Å²) >= 11 is 0. The molecule has 0 aromatic rings. The van der Waals surface area contributed by atoms with Crippen LogP contribution >= 0.6 is 0 Å². The van der Waals surface area contributed by atoms with Gasteiger partial charge in [-0.3, -0.25) is 14.4 Å². The molecule has 0 N–H and O–H groups in total. The molecule has 0 spiro atoms. The highest BCUT2D eigenvalue weighted by Gasteiger charge is 2.69. The average molecular weight is 417 g/mol. The largest absolute Gasteiger partial charge is 0.462 e. The van der Waals surface area contributed by atoms with Gasteiger partial charge < -0.3 is 9.47 Å². The lowest BCUT2D eigenvalue weighted by atomic mass is 9.44. The Balaban J connectivity index is 2.30. The molecule has 0 heterocycles. The van der Waals surface area contributed by atoms with E-state index in [1.54, 1.807) is 0 Å². The van der Waals surface area contributed by atoms with Gasteiger partial charge in [-0.25, -0.2) is 0 Å². The molecule has 0 aromatic heterocycles. The molecule has 30 heavy (non-hydrogen) atoms. The van der Waals surface area contributed by atoms with Crippen molar-refractivity contribution >= 4 is 17.7 Å². The van der Waals surface area contributed by atoms with Crippen molar-refractivity contribution in [3.63, 3.8) is 0 Å². The molecule has 3 aliphatic carbocycles. The van der Waals surface area contributed by atoms with Gasteiger partial charge in [-0.15, -0.1) is 6.58 Å². The number of Topliss-reactive ketones (excluding diaryl/α,β-unsaturated/α-hetero) is 1. The molecule has 0 unspecified atom stereocenters. The van der Waals surface area contributed by atoms with E-state index in [4.69, 9.17) is 9.47 Å². The van der Waals surface area contributed by atoms with E-state index in [2.05, 4.69) is 33.9 Å². The first-order chi connectivity index (χ1) is 13.8. The molecule has 0 aromatic carbocycles. The second-order valence-corrected chi connectivity index (χ2v) is 10.4. The zero-order chi connectivity index (χ0) is 22.6. The molecule has 3 fully saturated rings. The number of ether oxygens (including phenoxy) is 2. The van der Waals surface area contributed by atoms with E-state index in [-0.39, 0.29) is 40.9 Å². The molecule has 0 amide bonds. The highest BCUT2D eigenvalue weighted by atomic mass is 16.6. The normalized spacial score (nSPS) is 45.7. The predicted octanol–water partition coefficient (Wildman–Crippen LogP) is 4.65. The fourth-order valence-electron chi connectivity index (χ4n) is 7.01. The molecule has 0 aliphatic heterocycles. The van der Waals surface area contributed by atoms with Crippen molar-refractivity contribution in [1.29, 1.82) is 0 Å². The smallest absolute Gasteiger partial charge is 0.302 e. The summed E-state index contributed by atoms with van der Waals surface area (Å²) in [5.74, 6) is -0.820. The first-order valence-corrected chi connectivity index (χ1v) is 11.0. The van der Waals surface area contributed by atoms with E-state index in [1.807, 2.05) is 13.0 Å². The molecule has 0 radical (unpaired) electrons. The molecule has 2 bridgehead atoms. The summed E-state index contributed by atoms with van der Waals surface area (Å²) in [7, 11) is 0. The Kier molecular flexibility index (Phi) is 5.58. The Bertz CT molecular complexity index is 799. The maximum atomic E-state index is 13.5. The van der Waals surface area contributed by atoms with Crippen LogP contribution in [-0.4, -0.2) is 29.9 Å². The number of hydrogen-bond donors (Lipinski definition) is 0. The minimum Gasteiger partial charge on any atom is -0.462 e. The van der Waals surface area contributed by atoms with Crippen LogP contribution in [0.3, 0.4) is 0 Å². The SMILES string of the molecule is C=C[C@]1(C)C[C@@H](OC(C)=O)[C@]2(C)[C@H](C)CC[C@]3(CC(=C)C(=O)[C@H]32)[C@@H](C)[C@@H]1OC(C)=O. The highest BCUT2D eigenvalue weighted by Crippen LogP contribution is 2.69. The third-order valence-corrected chi connectivity index (χ3v) is 8.85. The van der Waals surface area contributed by atoms with Gasteiger partial charge >= 0.3 is 11.9 Å². The van der Waals surface area contributed by atoms with Gasteiger partial charge in [0.2, 0.25) is 0 Å². The Hall–Kier alpha value is -1.91. The average Bonchev–Trinajstić information content (AvgIpc) is 2.92. The first-order valence-electron chi connectivity index (χ1n) is 11.0. The zero-order valence-electron chi connectivity index (χ0n) is 19.2. The highest BCUT2D eigenvalue weighted by molar-refractivity contribution is 6.00. The van der Waals surface area contributed by atoms with Crippen molar-refractivity contribution in [3.8, 4) is 0 Å². The van der Waals surface area contributed by atoms with Crippen molar-refractivity contribution in [2.75, 3.05) is 0 Å². The van der Waals surface area contributed by atoms with Crippen LogP contribution in [0.1, 0.15) is 67.2 Å². The summed E-state index contributed by atoms with van der Waals surface area (Å²) in [6.45, 7) is 19.4. The van der Waals surface area contributed by atoms with Crippen molar-refractivity contribution in [3.05, 3.63) is 24.8 Å². The summed E-state index contributed by atoms with van der Waals surface area (Å²) in [6.07, 6.45) is 3.71. The third kappa shape index (κ3) is 3.07. The Morgan fingerprint density at radius 2 is 1.73 bits per heavy atom. The van der Waals surface area contributed by atoms with E-state index in [9.17, 15) is 14.4 Å². The molecule has 0 saturated heterocycles. The molecular formula is C25H36O5. The van der Waals surface area contributed by atoms with E-state index >= 15 is 0 Å². The van der Waals surface area contributed by atoms with Gasteiger partial charge in [-0.1, -0.05) is 40.3 Å².